The summed E-state index contributed by atoms with van der Waals surface area (Å²) in [5, 5.41) is 4.07. The largest absolute Gasteiger partial charge is 0.465 e. The molecule has 7 nitrogen and oxygen atoms in total. The summed E-state index contributed by atoms with van der Waals surface area (Å²) in [6.45, 7) is 3.60. The lowest BCUT2D eigenvalue weighted by atomic mass is 10.1. The number of ketones is 1. The molecule has 0 unspecified atom stereocenters. The molecule has 0 aliphatic carbocycles. The number of para-hydroxylation sites is 1. The number of amides is 1. The third kappa shape index (κ3) is 4.39. The molecule has 0 radical (unpaired) electrons. The van der Waals surface area contributed by atoms with E-state index in [1.54, 1.807) is 6.92 Å². The Morgan fingerprint density at radius 3 is 2.66 bits per heavy atom. The molecule has 1 aromatic carbocycles. The first-order valence-electron chi connectivity index (χ1n) is 9.54. The quantitative estimate of drug-likeness (QED) is 0.310. The fraction of sp³-hybridized carbons (Fsp3) is 0.318. The van der Waals surface area contributed by atoms with Gasteiger partial charge < -0.3 is 20.0 Å². The predicted molar refractivity (Wildman–Crippen MR) is 110 cm³/mol. The van der Waals surface area contributed by atoms with Gasteiger partial charge in [0.15, 0.2) is 5.78 Å². The molecule has 0 fully saturated rings. The van der Waals surface area contributed by atoms with Crippen LogP contribution in [0, 0.1) is 6.92 Å². The predicted octanol–water partition coefficient (Wildman–Crippen LogP) is 3.09. The van der Waals surface area contributed by atoms with E-state index in [0.717, 1.165) is 18.4 Å². The van der Waals surface area contributed by atoms with Crippen molar-refractivity contribution < 1.29 is 19.1 Å². The maximum absolute atomic E-state index is 12.4. The SMILES string of the molecule is COC(=O)c1c(CC(=O)NCCCc2c[nH]c3ccccc23)[nH]c(C(C)=O)c1C. The standard InChI is InChI=1S/C22H25N3O4/c1-13-20(22(28)29-3)18(25-21(13)14(2)26)11-19(27)23-10-6-7-15-12-24-17-9-5-4-8-16(15)17/h4-5,8-9,12,24-25H,6-7,10-11H2,1-3H3,(H,23,27). The highest BCUT2D eigenvalue weighted by Gasteiger charge is 2.24. The Hall–Kier alpha value is -3.35. The lowest BCUT2D eigenvalue weighted by Gasteiger charge is -2.06. The van der Waals surface area contributed by atoms with Crippen molar-refractivity contribution in [1.29, 1.82) is 0 Å². The summed E-state index contributed by atoms with van der Waals surface area (Å²) < 4.78 is 4.80. The Labute approximate surface area is 168 Å². The first-order chi connectivity index (χ1) is 13.9. The molecule has 2 aromatic heterocycles. The van der Waals surface area contributed by atoms with Crippen LogP contribution in [0.3, 0.4) is 0 Å². The number of Topliss-reactive ketones (excluding diaryl/α,β-unsaturated/α-hetero) is 1. The highest BCUT2D eigenvalue weighted by Crippen LogP contribution is 2.21. The smallest absolute Gasteiger partial charge is 0.339 e. The summed E-state index contributed by atoms with van der Waals surface area (Å²) >= 11 is 0. The van der Waals surface area contributed by atoms with Crippen LogP contribution >= 0.6 is 0 Å². The zero-order valence-electron chi connectivity index (χ0n) is 16.8. The number of nitrogens with one attached hydrogen (secondary N) is 3. The summed E-state index contributed by atoms with van der Waals surface area (Å²) in [7, 11) is 1.27. The summed E-state index contributed by atoms with van der Waals surface area (Å²) in [6.07, 6.45) is 3.61. The van der Waals surface area contributed by atoms with Crippen molar-refractivity contribution >= 4 is 28.6 Å². The van der Waals surface area contributed by atoms with Crippen molar-refractivity contribution in [3.05, 3.63) is 58.5 Å². The fourth-order valence-electron chi connectivity index (χ4n) is 3.59. The minimum Gasteiger partial charge on any atom is -0.465 e. The number of methoxy groups -OCH3 is 1. The third-order valence-electron chi connectivity index (χ3n) is 5.03. The monoisotopic (exact) mass is 395 g/mol. The van der Waals surface area contributed by atoms with Gasteiger partial charge in [-0.1, -0.05) is 18.2 Å². The van der Waals surface area contributed by atoms with Gasteiger partial charge in [-0.2, -0.15) is 0 Å². The molecule has 152 valence electrons. The summed E-state index contributed by atoms with van der Waals surface area (Å²) in [6, 6.07) is 8.11. The maximum Gasteiger partial charge on any atom is 0.339 e. The number of aromatic amines is 2. The van der Waals surface area contributed by atoms with Crippen LogP contribution in [0.25, 0.3) is 10.9 Å². The number of carbonyl (C=O) groups is 3. The van der Waals surface area contributed by atoms with Gasteiger partial charge in [0, 0.05) is 36.3 Å². The molecule has 3 N–H and O–H groups in total. The molecule has 0 saturated heterocycles. The van der Waals surface area contributed by atoms with E-state index in [1.807, 2.05) is 24.4 Å². The van der Waals surface area contributed by atoms with Crippen LogP contribution in [-0.2, 0) is 22.4 Å². The van der Waals surface area contributed by atoms with Gasteiger partial charge in [-0.05, 0) is 37.0 Å². The van der Waals surface area contributed by atoms with Crippen LogP contribution in [0.4, 0.5) is 0 Å². The Morgan fingerprint density at radius 2 is 1.93 bits per heavy atom. The molecule has 2 heterocycles. The molecule has 3 rings (SSSR count). The van der Waals surface area contributed by atoms with Crippen LogP contribution in [0.5, 0.6) is 0 Å². The van der Waals surface area contributed by atoms with E-state index >= 15 is 0 Å². The lowest BCUT2D eigenvalue weighted by molar-refractivity contribution is -0.120. The molecule has 0 atom stereocenters. The summed E-state index contributed by atoms with van der Waals surface area (Å²) in [4.78, 5) is 42.4. The number of fused-ring (bicyclic) bond motifs is 1. The lowest BCUT2D eigenvalue weighted by Crippen LogP contribution is -2.27. The first kappa shape index (κ1) is 20.4. The van der Waals surface area contributed by atoms with Gasteiger partial charge >= 0.3 is 5.97 Å². The van der Waals surface area contributed by atoms with Gasteiger partial charge in [-0.3, -0.25) is 9.59 Å². The van der Waals surface area contributed by atoms with E-state index in [-0.39, 0.29) is 23.7 Å². The van der Waals surface area contributed by atoms with E-state index in [9.17, 15) is 14.4 Å². The van der Waals surface area contributed by atoms with Gasteiger partial charge in [-0.25, -0.2) is 4.79 Å². The van der Waals surface area contributed by atoms with E-state index in [1.165, 1.54) is 25.0 Å². The highest BCUT2D eigenvalue weighted by molar-refractivity contribution is 6.01. The molecular formula is C22H25N3O4. The number of aromatic nitrogens is 2. The molecule has 7 heteroatoms. The van der Waals surface area contributed by atoms with Gasteiger partial charge in [0.1, 0.15) is 0 Å². The molecule has 1 amide bonds. The van der Waals surface area contributed by atoms with E-state index < -0.39 is 5.97 Å². The third-order valence-corrected chi connectivity index (χ3v) is 5.03. The van der Waals surface area contributed by atoms with Gasteiger partial charge in [0.05, 0.1) is 24.8 Å². The minimum absolute atomic E-state index is 0.0222. The number of esters is 1. The average Bonchev–Trinajstić information content (AvgIpc) is 3.26. The molecule has 0 aliphatic rings. The number of aryl methyl sites for hydroxylation is 1. The van der Waals surface area contributed by atoms with Crippen molar-refractivity contribution in [2.24, 2.45) is 0 Å². The van der Waals surface area contributed by atoms with E-state index in [0.29, 0.717) is 23.5 Å². The number of ether oxygens (including phenoxy) is 1. The number of benzene rings is 1. The molecular weight excluding hydrogens is 370 g/mol. The molecule has 0 saturated carbocycles. The maximum atomic E-state index is 12.4. The topological polar surface area (TPSA) is 104 Å². The van der Waals surface area contributed by atoms with Crippen LogP contribution in [-0.4, -0.2) is 41.3 Å². The molecule has 29 heavy (non-hydrogen) atoms. The van der Waals surface area contributed by atoms with Crippen LogP contribution in [0.1, 0.15) is 51.0 Å². The van der Waals surface area contributed by atoms with Crippen molar-refractivity contribution in [3.63, 3.8) is 0 Å². The molecule has 3 aromatic rings. The number of H-pyrrole nitrogens is 2. The highest BCUT2D eigenvalue weighted by atomic mass is 16.5. The normalized spacial score (nSPS) is 10.9. The number of carbonyl (C=O) groups excluding carboxylic acids is 3. The van der Waals surface area contributed by atoms with Gasteiger partial charge in [0.25, 0.3) is 0 Å². The van der Waals surface area contributed by atoms with Crippen LogP contribution in [0.2, 0.25) is 0 Å². The van der Waals surface area contributed by atoms with Crippen molar-refractivity contribution in [1.82, 2.24) is 15.3 Å². The average molecular weight is 395 g/mol. The second-order valence-electron chi connectivity index (χ2n) is 7.02. The molecule has 0 aliphatic heterocycles. The van der Waals surface area contributed by atoms with E-state index in [4.69, 9.17) is 4.74 Å². The van der Waals surface area contributed by atoms with Gasteiger partial charge in [-0.15, -0.1) is 0 Å². The second-order valence-corrected chi connectivity index (χ2v) is 7.02. The minimum atomic E-state index is -0.562. The van der Waals surface area contributed by atoms with Crippen LogP contribution < -0.4 is 5.32 Å². The van der Waals surface area contributed by atoms with Gasteiger partial charge in [0.2, 0.25) is 5.91 Å². The van der Waals surface area contributed by atoms with Crippen molar-refractivity contribution in [2.75, 3.05) is 13.7 Å². The zero-order chi connectivity index (χ0) is 21.0. The Bertz CT molecular complexity index is 1060. The molecule has 0 bridgehead atoms. The Balaban J connectivity index is 1.59. The Morgan fingerprint density at radius 1 is 1.17 bits per heavy atom. The zero-order valence-corrected chi connectivity index (χ0v) is 16.8. The fourth-order valence-corrected chi connectivity index (χ4v) is 3.59. The number of hydrogen-bond donors (Lipinski definition) is 3. The second kappa shape index (κ2) is 8.77. The molecule has 0 spiro atoms. The van der Waals surface area contributed by atoms with E-state index in [2.05, 4.69) is 21.4 Å². The summed E-state index contributed by atoms with van der Waals surface area (Å²) in [5.41, 5.74) is 3.80. The van der Waals surface area contributed by atoms with Crippen molar-refractivity contribution in [3.8, 4) is 0 Å². The Kier molecular flexibility index (Phi) is 6.16. The van der Waals surface area contributed by atoms with Crippen molar-refractivity contribution in [2.45, 2.75) is 33.1 Å². The summed E-state index contributed by atoms with van der Waals surface area (Å²) in [5.74, 6) is -0.975. The number of hydrogen-bond acceptors (Lipinski definition) is 4. The van der Waals surface area contributed by atoms with Crippen LogP contribution in [0.15, 0.2) is 30.5 Å². The number of rotatable bonds is 8. The first-order valence-corrected chi connectivity index (χ1v) is 9.54.